The molecule has 1 atom stereocenters. The molecule has 0 aliphatic heterocycles. The molecule has 1 aromatic heterocycles. The molecule has 2 rings (SSSR count). The Bertz CT molecular complexity index is 652. The Morgan fingerprint density at radius 2 is 2.27 bits per heavy atom. The lowest BCUT2D eigenvalue weighted by Crippen LogP contribution is -2.36. The zero-order chi connectivity index (χ0) is 16.2. The van der Waals surface area contributed by atoms with Crippen molar-refractivity contribution >= 4 is 11.9 Å². The second-order valence-corrected chi connectivity index (χ2v) is 5.44. The number of amides is 1. The predicted molar refractivity (Wildman–Crippen MR) is 79.7 cm³/mol. The van der Waals surface area contributed by atoms with Gasteiger partial charge in [0.25, 0.3) is 0 Å². The maximum Gasteiger partial charge on any atom is 0.248 e. The van der Waals surface area contributed by atoms with E-state index in [-0.39, 0.29) is 24.3 Å². The first-order valence-corrected chi connectivity index (χ1v) is 7.05. The zero-order valence-electron chi connectivity index (χ0n) is 12.6. The summed E-state index contributed by atoms with van der Waals surface area (Å²) in [4.78, 5) is 16.2. The third-order valence-electron chi connectivity index (χ3n) is 3.70. The summed E-state index contributed by atoms with van der Waals surface area (Å²) in [6, 6.07) is 6.19. The number of anilines is 1. The van der Waals surface area contributed by atoms with Gasteiger partial charge in [0, 0.05) is 6.42 Å². The summed E-state index contributed by atoms with van der Waals surface area (Å²) in [6.45, 7) is 3.24. The minimum absolute atomic E-state index is 0.143. The van der Waals surface area contributed by atoms with Crippen LogP contribution in [0.3, 0.4) is 0 Å². The highest BCUT2D eigenvalue weighted by Gasteiger charge is 2.31. The number of carbonyl (C=O) groups excluding carboxylic acids is 1. The predicted octanol–water partition coefficient (Wildman–Crippen LogP) is 1.88. The van der Waals surface area contributed by atoms with Gasteiger partial charge in [0.05, 0.1) is 12.0 Å². The highest BCUT2D eigenvalue weighted by atomic mass is 19.1. The lowest BCUT2D eigenvalue weighted by molar-refractivity contribution is -0.127. The molecule has 1 amide bonds. The van der Waals surface area contributed by atoms with Crippen molar-refractivity contribution in [3.63, 3.8) is 0 Å². The van der Waals surface area contributed by atoms with Gasteiger partial charge in [-0.05, 0) is 31.0 Å². The molecule has 0 bridgehead atoms. The summed E-state index contributed by atoms with van der Waals surface area (Å²) in [5.74, 6) is 0.00799. The number of halogens is 1. The Morgan fingerprint density at radius 3 is 2.91 bits per heavy atom. The summed E-state index contributed by atoms with van der Waals surface area (Å²) in [7, 11) is 0. The first-order chi connectivity index (χ1) is 10.5. The third kappa shape index (κ3) is 3.67. The fourth-order valence-electron chi connectivity index (χ4n) is 1.87. The number of nitrogens with one attached hydrogen (secondary N) is 2. The van der Waals surface area contributed by atoms with E-state index in [1.54, 1.807) is 19.1 Å². The fraction of sp³-hybridized carbons (Fsp3) is 0.400. The van der Waals surface area contributed by atoms with Crippen molar-refractivity contribution in [3.05, 3.63) is 41.5 Å². The highest BCUT2D eigenvalue weighted by molar-refractivity contribution is 5.93. The molecule has 0 fully saturated rings. The van der Waals surface area contributed by atoms with Crippen LogP contribution in [0, 0.1) is 11.2 Å². The molecule has 3 N–H and O–H groups in total. The van der Waals surface area contributed by atoms with E-state index in [4.69, 9.17) is 0 Å². The van der Waals surface area contributed by atoms with Crippen molar-refractivity contribution in [2.75, 3.05) is 11.9 Å². The SMILES string of the molecule is CCC(C)(CO)C(=O)Nc1n[nH]c(Cc2cccc(F)c2)n1. The largest absolute Gasteiger partial charge is 0.395 e. The van der Waals surface area contributed by atoms with Crippen molar-refractivity contribution in [1.29, 1.82) is 0 Å². The Kier molecular flexibility index (Phi) is 4.87. The number of H-pyrrole nitrogens is 1. The topological polar surface area (TPSA) is 90.9 Å². The van der Waals surface area contributed by atoms with E-state index < -0.39 is 5.41 Å². The van der Waals surface area contributed by atoms with Crippen molar-refractivity contribution in [2.45, 2.75) is 26.7 Å². The molecular weight excluding hydrogens is 287 g/mol. The van der Waals surface area contributed by atoms with E-state index in [0.717, 1.165) is 5.56 Å². The van der Waals surface area contributed by atoms with E-state index in [9.17, 15) is 14.3 Å². The molecule has 0 spiro atoms. The number of hydrogen-bond donors (Lipinski definition) is 3. The number of benzene rings is 1. The van der Waals surface area contributed by atoms with Gasteiger partial charge in [0.1, 0.15) is 11.6 Å². The van der Waals surface area contributed by atoms with Crippen molar-refractivity contribution in [1.82, 2.24) is 15.2 Å². The van der Waals surface area contributed by atoms with Crippen molar-refractivity contribution < 1.29 is 14.3 Å². The minimum Gasteiger partial charge on any atom is -0.395 e. The van der Waals surface area contributed by atoms with E-state index in [2.05, 4.69) is 20.5 Å². The average molecular weight is 306 g/mol. The number of hydrogen-bond acceptors (Lipinski definition) is 4. The Labute approximate surface area is 127 Å². The van der Waals surface area contributed by atoms with Crippen LogP contribution in [-0.4, -0.2) is 32.8 Å². The molecule has 6 nitrogen and oxygen atoms in total. The summed E-state index contributed by atoms with van der Waals surface area (Å²) in [5, 5.41) is 18.5. The number of nitrogens with zero attached hydrogens (tertiary/aromatic N) is 2. The van der Waals surface area contributed by atoms with E-state index in [0.29, 0.717) is 18.7 Å². The molecule has 0 aliphatic carbocycles. The maximum atomic E-state index is 13.1. The van der Waals surface area contributed by atoms with Gasteiger partial charge in [-0.15, -0.1) is 5.10 Å². The van der Waals surface area contributed by atoms with Gasteiger partial charge >= 0.3 is 0 Å². The van der Waals surface area contributed by atoms with Crippen LogP contribution in [0.2, 0.25) is 0 Å². The second-order valence-electron chi connectivity index (χ2n) is 5.44. The first-order valence-electron chi connectivity index (χ1n) is 7.05. The Morgan fingerprint density at radius 1 is 1.50 bits per heavy atom. The molecule has 2 aromatic rings. The fourth-order valence-corrected chi connectivity index (χ4v) is 1.87. The summed E-state index contributed by atoms with van der Waals surface area (Å²) >= 11 is 0. The number of aromatic nitrogens is 3. The lowest BCUT2D eigenvalue weighted by Gasteiger charge is -2.23. The molecule has 7 heteroatoms. The van der Waals surface area contributed by atoms with Crippen LogP contribution >= 0.6 is 0 Å². The van der Waals surface area contributed by atoms with Crippen LogP contribution in [-0.2, 0) is 11.2 Å². The maximum absolute atomic E-state index is 13.1. The number of aliphatic hydroxyl groups excluding tert-OH is 1. The van der Waals surface area contributed by atoms with Gasteiger partial charge in [-0.1, -0.05) is 19.1 Å². The zero-order valence-corrected chi connectivity index (χ0v) is 12.6. The molecule has 1 aromatic carbocycles. The average Bonchev–Trinajstić information content (AvgIpc) is 2.93. The van der Waals surface area contributed by atoms with Crippen LogP contribution in [0.15, 0.2) is 24.3 Å². The normalized spacial score (nSPS) is 13.6. The number of aromatic amines is 1. The van der Waals surface area contributed by atoms with Crippen LogP contribution in [0.25, 0.3) is 0 Å². The summed E-state index contributed by atoms with van der Waals surface area (Å²) in [5.41, 5.74) is -0.119. The van der Waals surface area contributed by atoms with Gasteiger partial charge in [0.2, 0.25) is 11.9 Å². The highest BCUT2D eigenvalue weighted by Crippen LogP contribution is 2.21. The molecule has 0 radical (unpaired) electrons. The van der Waals surface area contributed by atoms with Gasteiger partial charge in [-0.2, -0.15) is 4.98 Å². The molecule has 0 saturated heterocycles. The second kappa shape index (κ2) is 6.65. The van der Waals surface area contributed by atoms with Crippen LogP contribution in [0.5, 0.6) is 0 Å². The Hall–Kier alpha value is -2.28. The van der Waals surface area contributed by atoms with E-state index in [1.807, 2.05) is 6.92 Å². The van der Waals surface area contributed by atoms with Crippen molar-refractivity contribution in [2.24, 2.45) is 5.41 Å². The third-order valence-corrected chi connectivity index (χ3v) is 3.70. The first kappa shape index (κ1) is 16.1. The number of aliphatic hydroxyl groups is 1. The van der Waals surface area contributed by atoms with E-state index >= 15 is 0 Å². The summed E-state index contributed by atoms with van der Waals surface area (Å²) in [6.07, 6.45) is 0.877. The Balaban J connectivity index is 2.04. The molecular formula is C15H19FN4O2. The van der Waals surface area contributed by atoms with Gasteiger partial charge < -0.3 is 5.11 Å². The molecule has 1 unspecified atom stereocenters. The van der Waals surface area contributed by atoms with Gasteiger partial charge in [-0.25, -0.2) is 4.39 Å². The minimum atomic E-state index is -0.872. The summed E-state index contributed by atoms with van der Waals surface area (Å²) < 4.78 is 13.1. The van der Waals surface area contributed by atoms with Gasteiger partial charge in [0.15, 0.2) is 0 Å². The number of carbonyl (C=O) groups is 1. The van der Waals surface area contributed by atoms with Crippen LogP contribution < -0.4 is 5.32 Å². The molecule has 0 saturated carbocycles. The standard InChI is InChI=1S/C15H19FN4O2/c1-3-15(2,9-21)13(22)18-14-17-12(19-20-14)8-10-5-4-6-11(16)7-10/h4-7,21H,3,8-9H2,1-2H3,(H2,17,18,19,20,22). The molecule has 22 heavy (non-hydrogen) atoms. The molecule has 0 aliphatic rings. The van der Waals surface area contributed by atoms with Crippen LogP contribution in [0.1, 0.15) is 31.7 Å². The monoisotopic (exact) mass is 306 g/mol. The van der Waals surface area contributed by atoms with Crippen molar-refractivity contribution in [3.8, 4) is 0 Å². The van der Waals surface area contributed by atoms with Gasteiger partial charge in [-0.3, -0.25) is 15.2 Å². The smallest absolute Gasteiger partial charge is 0.248 e. The molecule has 118 valence electrons. The van der Waals surface area contributed by atoms with Crippen LogP contribution in [0.4, 0.5) is 10.3 Å². The lowest BCUT2D eigenvalue weighted by atomic mass is 9.88. The number of rotatable bonds is 6. The van der Waals surface area contributed by atoms with E-state index in [1.165, 1.54) is 12.1 Å². The quantitative estimate of drug-likeness (QED) is 0.760. The molecule has 1 heterocycles.